The van der Waals surface area contributed by atoms with Crippen molar-refractivity contribution < 1.29 is 4.79 Å². The maximum Gasteiger partial charge on any atom is 0.259 e. The molecule has 3 N–H and O–H groups in total. The molecule has 5 nitrogen and oxygen atoms in total. The van der Waals surface area contributed by atoms with Crippen molar-refractivity contribution in [3.05, 3.63) is 39.7 Å². The van der Waals surface area contributed by atoms with Crippen LogP contribution in [0.3, 0.4) is 0 Å². The molecule has 0 aliphatic carbocycles. The van der Waals surface area contributed by atoms with E-state index in [1.54, 1.807) is 16.8 Å². The molecule has 0 spiro atoms. The van der Waals surface area contributed by atoms with E-state index >= 15 is 0 Å². The number of amides is 1. The zero-order valence-corrected chi connectivity index (χ0v) is 12.7. The number of anilines is 2. The summed E-state index contributed by atoms with van der Waals surface area (Å²) in [5, 5.41) is 7.52. The van der Waals surface area contributed by atoms with Gasteiger partial charge in [-0.05, 0) is 38.5 Å². The number of nitrogen functional groups attached to an aromatic ring is 1. The number of hydrogen-bond donors (Lipinski definition) is 2. The van der Waals surface area contributed by atoms with E-state index < -0.39 is 0 Å². The summed E-state index contributed by atoms with van der Waals surface area (Å²) in [5.41, 5.74) is 9.83. The normalized spacial score (nSPS) is 10.7. The number of benzene rings is 1. The number of rotatable bonds is 2. The first-order valence-corrected chi connectivity index (χ1v) is 6.56. The molecule has 2 rings (SSSR count). The molecule has 0 bridgehead atoms. The lowest BCUT2D eigenvalue weighted by Crippen LogP contribution is -2.15. The van der Waals surface area contributed by atoms with Gasteiger partial charge in [0.25, 0.3) is 5.91 Å². The number of carbonyl (C=O) groups is 1. The third kappa shape index (κ3) is 2.49. The van der Waals surface area contributed by atoms with Crippen LogP contribution in [0.25, 0.3) is 0 Å². The Hall–Kier alpha value is -2.01. The van der Waals surface area contributed by atoms with E-state index in [1.807, 2.05) is 27.8 Å². The van der Waals surface area contributed by atoms with Gasteiger partial charge in [0.05, 0.1) is 22.0 Å². The fraction of sp³-hybridized carbons (Fsp3) is 0.286. The van der Waals surface area contributed by atoms with Crippen LogP contribution in [-0.4, -0.2) is 15.7 Å². The summed E-state index contributed by atoms with van der Waals surface area (Å²) in [6, 6.07) is 3.39. The van der Waals surface area contributed by atoms with Gasteiger partial charge in [-0.15, -0.1) is 0 Å². The predicted octanol–water partition coefficient (Wildman–Crippen LogP) is 2.83. The Morgan fingerprint density at radius 3 is 2.55 bits per heavy atom. The molecule has 0 saturated carbocycles. The zero-order valence-electron chi connectivity index (χ0n) is 11.9. The Kier molecular flexibility index (Phi) is 3.72. The molecule has 0 unspecified atom stereocenters. The summed E-state index contributed by atoms with van der Waals surface area (Å²) in [5.74, 6) is -0.197. The first kappa shape index (κ1) is 14.4. The van der Waals surface area contributed by atoms with Gasteiger partial charge in [0, 0.05) is 18.4 Å². The minimum absolute atomic E-state index is 0.197. The van der Waals surface area contributed by atoms with Crippen LogP contribution < -0.4 is 11.1 Å². The van der Waals surface area contributed by atoms with Crippen molar-refractivity contribution in [1.29, 1.82) is 0 Å². The van der Waals surface area contributed by atoms with Crippen LogP contribution in [0.1, 0.15) is 27.3 Å². The summed E-state index contributed by atoms with van der Waals surface area (Å²) >= 11 is 5.99. The maximum atomic E-state index is 12.4. The molecule has 0 saturated heterocycles. The number of nitrogens with two attached hydrogens (primary N) is 1. The number of nitrogens with one attached hydrogen (secondary N) is 1. The van der Waals surface area contributed by atoms with Gasteiger partial charge in [-0.2, -0.15) is 5.10 Å². The SMILES string of the molecule is Cc1cc(N)c(Cl)cc1NC(=O)c1c(C)nn(C)c1C. The van der Waals surface area contributed by atoms with Crippen LogP contribution >= 0.6 is 11.6 Å². The van der Waals surface area contributed by atoms with Gasteiger partial charge in [-0.25, -0.2) is 0 Å². The van der Waals surface area contributed by atoms with E-state index in [9.17, 15) is 4.79 Å². The van der Waals surface area contributed by atoms with Gasteiger partial charge in [-0.1, -0.05) is 11.6 Å². The molecular weight excluding hydrogens is 276 g/mol. The van der Waals surface area contributed by atoms with Crippen LogP contribution in [0.2, 0.25) is 5.02 Å². The Balaban J connectivity index is 2.35. The third-order valence-electron chi connectivity index (χ3n) is 3.33. The summed E-state index contributed by atoms with van der Waals surface area (Å²) in [6.45, 7) is 5.54. The minimum atomic E-state index is -0.197. The lowest BCUT2D eigenvalue weighted by atomic mass is 10.1. The van der Waals surface area contributed by atoms with Crippen LogP contribution in [-0.2, 0) is 7.05 Å². The molecule has 1 aromatic heterocycles. The molecule has 0 atom stereocenters. The van der Waals surface area contributed by atoms with Gasteiger partial charge < -0.3 is 11.1 Å². The highest BCUT2D eigenvalue weighted by Gasteiger charge is 2.18. The smallest absolute Gasteiger partial charge is 0.259 e. The largest absolute Gasteiger partial charge is 0.398 e. The highest BCUT2D eigenvalue weighted by Crippen LogP contribution is 2.27. The molecular formula is C14H17ClN4O. The monoisotopic (exact) mass is 292 g/mol. The minimum Gasteiger partial charge on any atom is -0.398 e. The van der Waals surface area contributed by atoms with Crippen LogP contribution in [0.5, 0.6) is 0 Å². The summed E-state index contributed by atoms with van der Waals surface area (Å²) in [4.78, 5) is 12.4. The van der Waals surface area contributed by atoms with E-state index in [2.05, 4.69) is 10.4 Å². The molecule has 0 aliphatic rings. The predicted molar refractivity (Wildman–Crippen MR) is 81.2 cm³/mol. The van der Waals surface area contributed by atoms with Crippen molar-refractivity contribution in [2.24, 2.45) is 7.05 Å². The third-order valence-corrected chi connectivity index (χ3v) is 3.66. The molecule has 0 aliphatic heterocycles. The molecule has 1 amide bonds. The van der Waals surface area contributed by atoms with Gasteiger partial charge in [0.1, 0.15) is 0 Å². The van der Waals surface area contributed by atoms with E-state index in [4.69, 9.17) is 17.3 Å². The molecule has 1 heterocycles. The molecule has 6 heteroatoms. The fourth-order valence-corrected chi connectivity index (χ4v) is 2.29. The van der Waals surface area contributed by atoms with E-state index in [0.29, 0.717) is 27.7 Å². The Morgan fingerprint density at radius 2 is 2.00 bits per heavy atom. The second-order valence-corrected chi connectivity index (χ2v) is 5.22. The zero-order chi connectivity index (χ0) is 15.0. The Labute approximate surface area is 122 Å². The molecule has 106 valence electrons. The Morgan fingerprint density at radius 1 is 1.35 bits per heavy atom. The summed E-state index contributed by atoms with van der Waals surface area (Å²) < 4.78 is 1.69. The second-order valence-electron chi connectivity index (χ2n) is 4.81. The standard InChI is InChI=1S/C14H17ClN4O/c1-7-5-11(16)10(15)6-12(7)17-14(20)13-8(2)18-19(4)9(13)3/h5-6H,16H2,1-4H3,(H,17,20). The Bertz CT molecular complexity index is 691. The average Bonchev–Trinajstić information content (AvgIpc) is 2.60. The van der Waals surface area contributed by atoms with Crippen LogP contribution in [0, 0.1) is 20.8 Å². The number of nitrogens with zero attached hydrogens (tertiary/aromatic N) is 2. The summed E-state index contributed by atoms with van der Waals surface area (Å²) in [6.07, 6.45) is 0. The average molecular weight is 293 g/mol. The van der Waals surface area contributed by atoms with Crippen LogP contribution in [0.15, 0.2) is 12.1 Å². The van der Waals surface area contributed by atoms with Crippen LogP contribution in [0.4, 0.5) is 11.4 Å². The first-order chi connectivity index (χ1) is 9.31. The van der Waals surface area contributed by atoms with Gasteiger partial charge in [0.15, 0.2) is 0 Å². The van der Waals surface area contributed by atoms with Gasteiger partial charge >= 0.3 is 0 Å². The molecule has 2 aromatic rings. The van der Waals surface area contributed by atoms with E-state index in [-0.39, 0.29) is 5.91 Å². The molecule has 20 heavy (non-hydrogen) atoms. The molecule has 1 aromatic carbocycles. The highest BCUT2D eigenvalue weighted by molar-refractivity contribution is 6.33. The first-order valence-electron chi connectivity index (χ1n) is 6.18. The second kappa shape index (κ2) is 5.17. The highest BCUT2D eigenvalue weighted by atomic mass is 35.5. The van der Waals surface area contributed by atoms with Crippen molar-refractivity contribution in [2.45, 2.75) is 20.8 Å². The lowest BCUT2D eigenvalue weighted by molar-refractivity contribution is 0.102. The molecule has 0 fully saturated rings. The fourth-order valence-electron chi connectivity index (χ4n) is 2.13. The van der Waals surface area contributed by atoms with Crippen molar-refractivity contribution in [2.75, 3.05) is 11.1 Å². The molecule has 0 radical (unpaired) electrons. The number of hydrogen-bond acceptors (Lipinski definition) is 3. The van der Waals surface area contributed by atoms with Crippen molar-refractivity contribution in [1.82, 2.24) is 9.78 Å². The summed E-state index contributed by atoms with van der Waals surface area (Å²) in [7, 11) is 1.81. The topological polar surface area (TPSA) is 72.9 Å². The van der Waals surface area contributed by atoms with Crippen molar-refractivity contribution >= 4 is 28.9 Å². The quantitative estimate of drug-likeness (QED) is 0.836. The number of aromatic nitrogens is 2. The lowest BCUT2D eigenvalue weighted by Gasteiger charge is -2.10. The van der Waals surface area contributed by atoms with E-state index in [1.165, 1.54) is 0 Å². The van der Waals surface area contributed by atoms with Crippen molar-refractivity contribution in [3.8, 4) is 0 Å². The maximum absolute atomic E-state index is 12.4. The number of halogens is 1. The van der Waals surface area contributed by atoms with E-state index in [0.717, 1.165) is 11.3 Å². The van der Waals surface area contributed by atoms with Gasteiger partial charge in [-0.3, -0.25) is 9.48 Å². The van der Waals surface area contributed by atoms with Crippen molar-refractivity contribution in [3.63, 3.8) is 0 Å². The number of carbonyl (C=O) groups excluding carboxylic acids is 1. The number of aryl methyl sites for hydroxylation is 3. The van der Waals surface area contributed by atoms with Gasteiger partial charge in [0.2, 0.25) is 0 Å².